The molecule has 18 heavy (non-hydrogen) atoms. The van der Waals surface area contributed by atoms with Gasteiger partial charge in [-0.05, 0) is 31.9 Å². The molecule has 4 heteroatoms. The van der Waals surface area contributed by atoms with Crippen molar-refractivity contribution in [2.24, 2.45) is 0 Å². The smallest absolute Gasteiger partial charge is 0.0853 e. The molecule has 1 aliphatic carbocycles. The van der Waals surface area contributed by atoms with Crippen molar-refractivity contribution in [3.63, 3.8) is 0 Å². The fraction of sp³-hybridized carbons (Fsp3) is 0.643. The molecule has 102 valence electrons. The molecule has 0 bridgehead atoms. The van der Waals surface area contributed by atoms with Crippen molar-refractivity contribution < 1.29 is 9.84 Å². The Balaban J connectivity index is 0.000000147. The van der Waals surface area contributed by atoms with E-state index in [9.17, 15) is 5.11 Å². The maximum atomic E-state index is 9.25. The number of hydrogen-bond donors (Lipinski definition) is 2. The maximum absolute atomic E-state index is 9.25. The van der Waals surface area contributed by atoms with Gasteiger partial charge in [-0.15, -0.1) is 0 Å². The zero-order valence-corrected chi connectivity index (χ0v) is 11.1. The number of aromatic nitrogens is 1. The van der Waals surface area contributed by atoms with Crippen molar-refractivity contribution in [3.8, 4) is 0 Å². The molecule has 1 aromatic rings. The molecule has 1 atom stereocenters. The van der Waals surface area contributed by atoms with Gasteiger partial charge in [-0.3, -0.25) is 4.98 Å². The summed E-state index contributed by atoms with van der Waals surface area (Å²) < 4.78 is 5.03. The van der Waals surface area contributed by atoms with E-state index in [2.05, 4.69) is 4.98 Å². The third-order valence-electron chi connectivity index (χ3n) is 2.46. The molecule has 0 radical (unpaired) electrons. The van der Waals surface area contributed by atoms with Gasteiger partial charge in [-0.25, -0.2) is 0 Å². The van der Waals surface area contributed by atoms with Gasteiger partial charge in [0.1, 0.15) is 0 Å². The largest absolute Gasteiger partial charge is 0.397 e. The summed E-state index contributed by atoms with van der Waals surface area (Å²) in [6.45, 7) is 3.13. The van der Waals surface area contributed by atoms with Crippen LogP contribution in [0, 0.1) is 0 Å². The fourth-order valence-corrected chi connectivity index (χ4v) is 1.30. The minimum Gasteiger partial charge on any atom is -0.397 e. The number of rotatable bonds is 0. The molecule has 1 aliphatic heterocycles. The zero-order chi connectivity index (χ0) is 13.3. The van der Waals surface area contributed by atoms with Crippen LogP contribution in [-0.4, -0.2) is 28.9 Å². The van der Waals surface area contributed by atoms with E-state index >= 15 is 0 Å². The van der Waals surface area contributed by atoms with Gasteiger partial charge in [0.25, 0.3) is 0 Å². The van der Waals surface area contributed by atoms with Crippen LogP contribution >= 0.6 is 0 Å². The average molecular weight is 252 g/mol. The molecule has 0 amide bonds. The lowest BCUT2D eigenvalue weighted by Gasteiger charge is -2.27. The normalized spacial score (nSPS) is 25.0. The quantitative estimate of drug-likeness (QED) is 0.744. The van der Waals surface area contributed by atoms with Crippen LogP contribution in [0.15, 0.2) is 24.5 Å². The van der Waals surface area contributed by atoms with Gasteiger partial charge in [0, 0.05) is 19.0 Å². The Hall–Kier alpha value is -1.13. The highest BCUT2D eigenvalue weighted by Crippen LogP contribution is 2.16. The van der Waals surface area contributed by atoms with Crippen molar-refractivity contribution in [3.05, 3.63) is 24.5 Å². The summed E-state index contributed by atoms with van der Waals surface area (Å²) in [6.07, 6.45) is 9.68. The second-order valence-corrected chi connectivity index (χ2v) is 5.00. The lowest BCUT2D eigenvalue weighted by molar-refractivity contribution is -0.0729. The predicted octanol–water partition coefficient (Wildman–Crippen LogP) is 2.38. The SMILES string of the molecule is C1CC1.C[C@@]1(O)CCCOC1.Nc1cccnc1. The number of hydrogen-bond acceptors (Lipinski definition) is 4. The van der Waals surface area contributed by atoms with E-state index in [0.29, 0.717) is 12.3 Å². The number of pyridine rings is 1. The van der Waals surface area contributed by atoms with Crippen LogP contribution in [0.4, 0.5) is 5.69 Å². The molecule has 3 rings (SSSR count). The van der Waals surface area contributed by atoms with Crippen LogP contribution in [-0.2, 0) is 4.74 Å². The molecule has 0 unspecified atom stereocenters. The number of anilines is 1. The third kappa shape index (κ3) is 8.96. The molecule has 1 saturated carbocycles. The Kier molecular flexibility index (Phi) is 6.68. The van der Waals surface area contributed by atoms with E-state index in [1.807, 2.05) is 6.92 Å². The highest BCUT2D eigenvalue weighted by molar-refractivity contribution is 5.32. The Morgan fingerprint density at radius 2 is 2.06 bits per heavy atom. The highest BCUT2D eigenvalue weighted by atomic mass is 16.5. The van der Waals surface area contributed by atoms with Gasteiger partial charge in [-0.2, -0.15) is 0 Å². The summed E-state index contributed by atoms with van der Waals surface area (Å²) in [5.41, 5.74) is 5.46. The van der Waals surface area contributed by atoms with E-state index in [-0.39, 0.29) is 0 Å². The summed E-state index contributed by atoms with van der Waals surface area (Å²) in [5, 5.41) is 9.25. The molecule has 2 heterocycles. The number of aliphatic hydroxyl groups is 1. The Labute approximate surface area is 109 Å². The number of ether oxygens (including phenoxy) is 1. The second kappa shape index (κ2) is 8.06. The van der Waals surface area contributed by atoms with Crippen LogP contribution in [0.2, 0.25) is 0 Å². The molecule has 3 N–H and O–H groups in total. The lowest BCUT2D eigenvalue weighted by atomic mass is 10.00. The lowest BCUT2D eigenvalue weighted by Crippen LogP contribution is -2.34. The summed E-state index contributed by atoms with van der Waals surface area (Å²) in [5.74, 6) is 0. The van der Waals surface area contributed by atoms with Crippen LogP contribution in [0.1, 0.15) is 39.0 Å². The molecule has 0 spiro atoms. The van der Waals surface area contributed by atoms with E-state index in [0.717, 1.165) is 19.4 Å². The van der Waals surface area contributed by atoms with E-state index < -0.39 is 5.60 Å². The minimum absolute atomic E-state index is 0.507. The van der Waals surface area contributed by atoms with Crippen LogP contribution in [0.3, 0.4) is 0 Å². The molecule has 0 aromatic carbocycles. The molecular formula is C14H24N2O2. The molecule has 2 fully saturated rings. The maximum Gasteiger partial charge on any atom is 0.0853 e. The monoisotopic (exact) mass is 252 g/mol. The van der Waals surface area contributed by atoms with Crippen molar-refractivity contribution in [1.29, 1.82) is 0 Å². The van der Waals surface area contributed by atoms with Crippen molar-refractivity contribution in [1.82, 2.24) is 4.98 Å². The molecule has 2 aliphatic rings. The Morgan fingerprint density at radius 1 is 1.33 bits per heavy atom. The summed E-state index contributed by atoms with van der Waals surface area (Å²) in [7, 11) is 0. The Bertz CT molecular complexity index is 302. The summed E-state index contributed by atoms with van der Waals surface area (Å²) in [4.78, 5) is 3.76. The van der Waals surface area contributed by atoms with Crippen molar-refractivity contribution >= 4 is 5.69 Å². The molecule has 1 aromatic heterocycles. The first-order chi connectivity index (χ1) is 8.60. The summed E-state index contributed by atoms with van der Waals surface area (Å²) >= 11 is 0. The van der Waals surface area contributed by atoms with Crippen molar-refractivity contribution in [2.45, 2.75) is 44.6 Å². The predicted molar refractivity (Wildman–Crippen MR) is 73.2 cm³/mol. The molecular weight excluding hydrogens is 228 g/mol. The highest BCUT2D eigenvalue weighted by Gasteiger charge is 2.23. The number of nitrogens with zero attached hydrogens (tertiary/aromatic N) is 1. The Morgan fingerprint density at radius 3 is 2.28 bits per heavy atom. The van der Waals surface area contributed by atoms with Gasteiger partial charge in [0.15, 0.2) is 0 Å². The number of nitrogens with two attached hydrogens (primary N) is 1. The topological polar surface area (TPSA) is 68.4 Å². The fourth-order valence-electron chi connectivity index (χ4n) is 1.30. The van der Waals surface area contributed by atoms with Gasteiger partial charge in [0.2, 0.25) is 0 Å². The van der Waals surface area contributed by atoms with Gasteiger partial charge < -0.3 is 15.6 Å². The third-order valence-corrected chi connectivity index (χ3v) is 2.46. The van der Waals surface area contributed by atoms with Crippen LogP contribution < -0.4 is 5.73 Å². The first kappa shape index (κ1) is 14.9. The van der Waals surface area contributed by atoms with Gasteiger partial charge >= 0.3 is 0 Å². The van der Waals surface area contributed by atoms with Gasteiger partial charge in [-0.1, -0.05) is 19.3 Å². The van der Waals surface area contributed by atoms with E-state index in [4.69, 9.17) is 10.5 Å². The molecule has 1 saturated heterocycles. The van der Waals surface area contributed by atoms with Crippen LogP contribution in [0.5, 0.6) is 0 Å². The number of nitrogen functional groups attached to an aromatic ring is 1. The first-order valence-corrected chi connectivity index (χ1v) is 6.56. The van der Waals surface area contributed by atoms with Crippen molar-refractivity contribution in [2.75, 3.05) is 18.9 Å². The summed E-state index contributed by atoms with van der Waals surface area (Å²) in [6, 6.07) is 3.60. The van der Waals surface area contributed by atoms with Crippen LogP contribution in [0.25, 0.3) is 0 Å². The average Bonchev–Trinajstić information content (AvgIpc) is 3.18. The van der Waals surface area contributed by atoms with Gasteiger partial charge in [0.05, 0.1) is 17.9 Å². The minimum atomic E-state index is -0.543. The van der Waals surface area contributed by atoms with E-state index in [1.165, 1.54) is 19.3 Å². The van der Waals surface area contributed by atoms with E-state index in [1.54, 1.807) is 24.5 Å². The zero-order valence-electron chi connectivity index (χ0n) is 11.1. The first-order valence-electron chi connectivity index (χ1n) is 6.56. The molecule has 4 nitrogen and oxygen atoms in total. The second-order valence-electron chi connectivity index (χ2n) is 5.00. The standard InChI is InChI=1S/C6H12O2.C5H6N2.C3H6/c1-6(7)3-2-4-8-5-6;6-5-2-1-3-7-4-5;1-2-3-1/h7H,2-5H2,1H3;1-4H,6H2;1-3H2/t6-;;/m1../s1.